The fourth-order valence-electron chi connectivity index (χ4n) is 2.32. The molecule has 1 fully saturated rings. The minimum atomic E-state index is -1.17. The lowest BCUT2D eigenvalue weighted by atomic mass is 9.81. The van der Waals surface area contributed by atoms with Crippen molar-refractivity contribution in [2.75, 3.05) is 0 Å². The largest absolute Gasteiger partial charge is 0.328 e. The minimum Gasteiger partial charge on any atom is -0.328 e. The van der Waals surface area contributed by atoms with Crippen LogP contribution in [-0.2, 0) is 13.5 Å². The third-order valence-corrected chi connectivity index (χ3v) is 2.98. The Kier molecular flexibility index (Phi) is 2.73. The summed E-state index contributed by atoms with van der Waals surface area (Å²) in [6.07, 6.45) is 4.96. The van der Waals surface area contributed by atoms with Crippen molar-refractivity contribution in [2.45, 2.75) is 43.8 Å². The maximum Gasteiger partial charge on any atom is 0.118 e. The van der Waals surface area contributed by atoms with Crippen molar-refractivity contribution >= 4 is 0 Å². The van der Waals surface area contributed by atoms with Gasteiger partial charge in [-0.1, -0.05) is 5.21 Å². The predicted octanol–water partition coefficient (Wildman–Crippen LogP) is 0.967. The molecule has 0 spiro atoms. The molecule has 2 atom stereocenters. The molecule has 1 saturated carbocycles. The van der Waals surface area contributed by atoms with E-state index >= 15 is 0 Å². The highest BCUT2D eigenvalue weighted by atomic mass is 19.1. The molecule has 2 unspecified atom stereocenters. The molecule has 1 aromatic heterocycles. The Balaban J connectivity index is 2.03. The van der Waals surface area contributed by atoms with Crippen LogP contribution < -0.4 is 5.73 Å². The van der Waals surface area contributed by atoms with E-state index in [1.807, 2.05) is 0 Å². The lowest BCUT2D eigenvalue weighted by molar-refractivity contribution is 0.0954. The van der Waals surface area contributed by atoms with Crippen LogP contribution in [0.15, 0.2) is 6.20 Å². The Bertz CT molecular complexity index is 338. The number of hydrogen-bond acceptors (Lipinski definition) is 3. The van der Waals surface area contributed by atoms with Crippen molar-refractivity contribution in [3.8, 4) is 0 Å². The number of aryl methyl sites for hydroxylation is 1. The van der Waals surface area contributed by atoms with Crippen LogP contribution in [0.1, 0.15) is 31.4 Å². The Morgan fingerprint density at radius 2 is 2.53 bits per heavy atom. The average molecular weight is 212 g/mol. The predicted molar refractivity (Wildman–Crippen MR) is 55.0 cm³/mol. The van der Waals surface area contributed by atoms with Gasteiger partial charge in [-0.2, -0.15) is 0 Å². The highest BCUT2D eigenvalue weighted by Gasteiger charge is 2.35. The van der Waals surface area contributed by atoms with Crippen LogP contribution in [-0.4, -0.2) is 26.7 Å². The molecule has 0 aliphatic heterocycles. The van der Waals surface area contributed by atoms with E-state index in [1.165, 1.54) is 0 Å². The lowest BCUT2D eigenvalue weighted by Crippen LogP contribution is -2.39. The second-order valence-corrected chi connectivity index (χ2v) is 4.57. The topological polar surface area (TPSA) is 56.7 Å². The standard InChI is InChI=1S/C10H17FN4/c1-15-7-9(13-14-15)6-10(11)4-2-3-8(12)5-10/h7-8H,2-6,12H2,1H3. The summed E-state index contributed by atoms with van der Waals surface area (Å²) in [5.74, 6) is 0. The average Bonchev–Trinajstić information content (AvgIpc) is 2.49. The highest BCUT2D eigenvalue weighted by molar-refractivity contribution is 5.02. The molecule has 1 heterocycles. The van der Waals surface area contributed by atoms with E-state index in [-0.39, 0.29) is 6.04 Å². The second-order valence-electron chi connectivity index (χ2n) is 4.57. The van der Waals surface area contributed by atoms with Gasteiger partial charge in [0.05, 0.1) is 5.69 Å². The SMILES string of the molecule is Cn1cc(CC2(F)CCCC(N)C2)nn1. The zero-order valence-electron chi connectivity index (χ0n) is 8.99. The minimum absolute atomic E-state index is 0.000390. The molecule has 0 amide bonds. The van der Waals surface area contributed by atoms with Gasteiger partial charge in [-0.3, -0.25) is 4.68 Å². The van der Waals surface area contributed by atoms with Crippen LogP contribution in [0.4, 0.5) is 4.39 Å². The van der Waals surface area contributed by atoms with Crippen molar-refractivity contribution < 1.29 is 4.39 Å². The third kappa shape index (κ3) is 2.53. The first-order valence-electron chi connectivity index (χ1n) is 5.37. The van der Waals surface area contributed by atoms with Crippen molar-refractivity contribution in [1.29, 1.82) is 0 Å². The number of nitrogens with two attached hydrogens (primary N) is 1. The Morgan fingerprint density at radius 3 is 3.13 bits per heavy atom. The summed E-state index contributed by atoms with van der Waals surface area (Å²) in [5, 5.41) is 7.71. The fourth-order valence-corrected chi connectivity index (χ4v) is 2.32. The molecule has 1 aromatic rings. The van der Waals surface area contributed by atoms with Crippen molar-refractivity contribution in [3.05, 3.63) is 11.9 Å². The van der Waals surface area contributed by atoms with Gasteiger partial charge in [-0.25, -0.2) is 4.39 Å². The molecule has 84 valence electrons. The van der Waals surface area contributed by atoms with Gasteiger partial charge in [-0.05, 0) is 25.7 Å². The number of rotatable bonds is 2. The molecule has 0 bridgehead atoms. The number of aromatic nitrogens is 3. The van der Waals surface area contributed by atoms with Gasteiger partial charge in [0.25, 0.3) is 0 Å². The number of nitrogens with zero attached hydrogens (tertiary/aromatic N) is 3. The van der Waals surface area contributed by atoms with Crippen LogP contribution in [0.2, 0.25) is 0 Å². The Hall–Kier alpha value is -0.970. The van der Waals surface area contributed by atoms with Crippen LogP contribution in [0.5, 0.6) is 0 Å². The molecule has 2 rings (SSSR count). The van der Waals surface area contributed by atoms with E-state index in [1.54, 1.807) is 17.9 Å². The van der Waals surface area contributed by atoms with E-state index in [4.69, 9.17) is 5.73 Å². The molecule has 5 heteroatoms. The number of halogens is 1. The summed E-state index contributed by atoms with van der Waals surface area (Å²) >= 11 is 0. The normalized spacial score (nSPS) is 31.8. The molecule has 15 heavy (non-hydrogen) atoms. The first kappa shape index (κ1) is 10.5. The first-order valence-corrected chi connectivity index (χ1v) is 5.37. The molecule has 0 radical (unpaired) electrons. The summed E-state index contributed by atoms with van der Waals surface area (Å²) in [4.78, 5) is 0. The van der Waals surface area contributed by atoms with E-state index in [9.17, 15) is 4.39 Å². The molecule has 0 aromatic carbocycles. The molecule has 0 saturated heterocycles. The summed E-state index contributed by atoms with van der Waals surface area (Å²) in [5.41, 5.74) is 5.33. The van der Waals surface area contributed by atoms with Gasteiger partial charge in [0, 0.05) is 25.7 Å². The van der Waals surface area contributed by atoms with Gasteiger partial charge >= 0.3 is 0 Å². The molecule has 2 N–H and O–H groups in total. The van der Waals surface area contributed by atoms with Gasteiger partial charge in [0.15, 0.2) is 0 Å². The smallest absolute Gasteiger partial charge is 0.118 e. The number of hydrogen-bond donors (Lipinski definition) is 1. The Morgan fingerprint density at radius 1 is 1.73 bits per heavy atom. The van der Waals surface area contributed by atoms with E-state index < -0.39 is 5.67 Å². The van der Waals surface area contributed by atoms with E-state index in [2.05, 4.69) is 10.3 Å². The third-order valence-electron chi connectivity index (χ3n) is 2.98. The maximum absolute atomic E-state index is 14.4. The molecular weight excluding hydrogens is 195 g/mol. The molecule has 1 aliphatic rings. The number of alkyl halides is 1. The first-order chi connectivity index (χ1) is 7.07. The van der Waals surface area contributed by atoms with Crippen molar-refractivity contribution in [3.63, 3.8) is 0 Å². The quantitative estimate of drug-likeness (QED) is 0.794. The van der Waals surface area contributed by atoms with Gasteiger partial charge < -0.3 is 5.73 Å². The summed E-state index contributed by atoms with van der Waals surface area (Å²) < 4.78 is 16.0. The van der Waals surface area contributed by atoms with E-state index in [0.29, 0.717) is 25.0 Å². The zero-order valence-corrected chi connectivity index (χ0v) is 8.99. The van der Waals surface area contributed by atoms with Crippen molar-refractivity contribution in [2.24, 2.45) is 12.8 Å². The maximum atomic E-state index is 14.4. The molecular formula is C10H17FN4. The molecule has 4 nitrogen and oxygen atoms in total. The van der Waals surface area contributed by atoms with E-state index in [0.717, 1.165) is 12.8 Å². The van der Waals surface area contributed by atoms with Crippen LogP contribution in [0.25, 0.3) is 0 Å². The van der Waals surface area contributed by atoms with Gasteiger partial charge in [-0.15, -0.1) is 5.10 Å². The van der Waals surface area contributed by atoms with Crippen LogP contribution in [0.3, 0.4) is 0 Å². The molecule has 1 aliphatic carbocycles. The van der Waals surface area contributed by atoms with Crippen LogP contribution >= 0.6 is 0 Å². The van der Waals surface area contributed by atoms with Gasteiger partial charge in [0.2, 0.25) is 0 Å². The fraction of sp³-hybridized carbons (Fsp3) is 0.800. The zero-order chi connectivity index (χ0) is 10.9. The highest BCUT2D eigenvalue weighted by Crippen LogP contribution is 2.33. The summed E-state index contributed by atoms with van der Waals surface area (Å²) in [6.45, 7) is 0. The summed E-state index contributed by atoms with van der Waals surface area (Å²) in [6, 6.07) is 0.000390. The van der Waals surface area contributed by atoms with Gasteiger partial charge in [0.1, 0.15) is 5.67 Å². The van der Waals surface area contributed by atoms with Crippen LogP contribution in [0, 0.1) is 0 Å². The second kappa shape index (κ2) is 3.89. The van der Waals surface area contributed by atoms with Crippen molar-refractivity contribution in [1.82, 2.24) is 15.0 Å². The summed E-state index contributed by atoms with van der Waals surface area (Å²) in [7, 11) is 1.79. The lowest BCUT2D eigenvalue weighted by Gasteiger charge is -2.32. The Labute approximate surface area is 88.6 Å². The monoisotopic (exact) mass is 212 g/mol.